The third kappa shape index (κ3) is 3.81. The van der Waals surface area contributed by atoms with Gasteiger partial charge in [0.25, 0.3) is 5.91 Å². The van der Waals surface area contributed by atoms with Gasteiger partial charge in [0, 0.05) is 25.6 Å². The molecular weight excluding hydrogens is 292 g/mol. The van der Waals surface area contributed by atoms with E-state index in [2.05, 4.69) is 0 Å². The number of amides is 1. The van der Waals surface area contributed by atoms with Crippen LogP contribution in [0.1, 0.15) is 41.6 Å². The van der Waals surface area contributed by atoms with Gasteiger partial charge in [0.05, 0.1) is 5.56 Å². The molecule has 1 N–H and O–H groups in total. The van der Waals surface area contributed by atoms with Crippen molar-refractivity contribution in [2.45, 2.75) is 32.6 Å². The summed E-state index contributed by atoms with van der Waals surface area (Å²) in [5, 5.41) is 8.72. The van der Waals surface area contributed by atoms with Crippen molar-refractivity contribution in [3.05, 3.63) is 34.9 Å². The number of likely N-dealkylation sites (tertiary alicyclic amines) is 1. The second-order valence-electron chi connectivity index (χ2n) is 5.77. The molecule has 0 bridgehead atoms. The Morgan fingerprint density at radius 1 is 1.32 bits per heavy atom. The van der Waals surface area contributed by atoms with Crippen LogP contribution in [-0.2, 0) is 4.79 Å². The van der Waals surface area contributed by atoms with Crippen LogP contribution >= 0.6 is 0 Å². The highest BCUT2D eigenvalue weighted by Gasteiger charge is 2.26. The van der Waals surface area contributed by atoms with Gasteiger partial charge in [-0.3, -0.25) is 9.59 Å². The van der Waals surface area contributed by atoms with E-state index in [-0.39, 0.29) is 23.5 Å². The van der Waals surface area contributed by atoms with Crippen molar-refractivity contribution < 1.29 is 23.5 Å². The Morgan fingerprint density at radius 3 is 2.73 bits per heavy atom. The second kappa shape index (κ2) is 6.85. The summed E-state index contributed by atoms with van der Waals surface area (Å²) in [6.45, 7) is 2.41. The predicted octanol–water partition coefficient (Wildman–Crippen LogP) is 2.99. The first-order valence-electron chi connectivity index (χ1n) is 7.35. The number of hydrogen-bond donors (Lipinski definition) is 1. The van der Waals surface area contributed by atoms with Crippen LogP contribution in [0.25, 0.3) is 0 Å². The highest BCUT2D eigenvalue weighted by atomic mass is 19.1. The number of piperidine rings is 1. The first kappa shape index (κ1) is 16.4. The lowest BCUT2D eigenvalue weighted by molar-refractivity contribution is -0.137. The topological polar surface area (TPSA) is 57.6 Å². The summed E-state index contributed by atoms with van der Waals surface area (Å²) in [5.41, 5.74) is 0.0990. The van der Waals surface area contributed by atoms with Crippen LogP contribution in [0.15, 0.2) is 12.1 Å². The van der Waals surface area contributed by atoms with Crippen molar-refractivity contribution in [1.29, 1.82) is 0 Å². The maximum absolute atomic E-state index is 13.8. The van der Waals surface area contributed by atoms with E-state index < -0.39 is 23.5 Å². The van der Waals surface area contributed by atoms with E-state index in [0.717, 1.165) is 18.9 Å². The zero-order valence-electron chi connectivity index (χ0n) is 12.4. The van der Waals surface area contributed by atoms with Gasteiger partial charge in [-0.15, -0.1) is 0 Å². The summed E-state index contributed by atoms with van der Waals surface area (Å²) in [7, 11) is 0. The fraction of sp³-hybridized carbons (Fsp3) is 0.500. The third-order valence-electron chi connectivity index (χ3n) is 4.05. The van der Waals surface area contributed by atoms with Gasteiger partial charge in [0.15, 0.2) is 0 Å². The predicted molar refractivity (Wildman–Crippen MR) is 76.6 cm³/mol. The molecule has 0 spiro atoms. The smallest absolute Gasteiger partial charge is 0.303 e. The summed E-state index contributed by atoms with van der Waals surface area (Å²) in [6, 6.07) is 1.96. The average Bonchev–Trinajstić information content (AvgIpc) is 2.48. The highest BCUT2D eigenvalue weighted by molar-refractivity contribution is 5.94. The Bertz CT molecular complexity index is 589. The number of rotatable bonds is 4. The number of aliphatic carboxylic acids is 1. The molecule has 1 fully saturated rings. The molecule has 1 saturated heterocycles. The lowest BCUT2D eigenvalue weighted by Crippen LogP contribution is -2.40. The molecule has 1 atom stereocenters. The zero-order valence-corrected chi connectivity index (χ0v) is 12.4. The van der Waals surface area contributed by atoms with E-state index in [9.17, 15) is 18.4 Å². The van der Waals surface area contributed by atoms with Crippen LogP contribution < -0.4 is 0 Å². The fourth-order valence-electron chi connectivity index (χ4n) is 2.80. The Balaban J connectivity index is 2.09. The van der Waals surface area contributed by atoms with Crippen LogP contribution in [-0.4, -0.2) is 35.0 Å². The summed E-state index contributed by atoms with van der Waals surface area (Å²) in [5.74, 6) is -2.74. The molecule has 120 valence electrons. The monoisotopic (exact) mass is 311 g/mol. The van der Waals surface area contributed by atoms with Gasteiger partial charge in [-0.25, -0.2) is 8.78 Å². The Hall–Kier alpha value is -1.98. The van der Waals surface area contributed by atoms with Gasteiger partial charge in [0.1, 0.15) is 11.6 Å². The molecule has 1 amide bonds. The largest absolute Gasteiger partial charge is 0.481 e. The van der Waals surface area contributed by atoms with Crippen LogP contribution in [0.5, 0.6) is 0 Å². The first-order valence-corrected chi connectivity index (χ1v) is 7.35. The van der Waals surface area contributed by atoms with Crippen molar-refractivity contribution in [1.82, 2.24) is 4.90 Å². The minimum atomic E-state index is -0.860. The average molecular weight is 311 g/mol. The molecule has 1 aliphatic heterocycles. The van der Waals surface area contributed by atoms with Crippen LogP contribution in [0.3, 0.4) is 0 Å². The van der Waals surface area contributed by atoms with Gasteiger partial charge >= 0.3 is 5.97 Å². The molecule has 4 nitrogen and oxygen atoms in total. The molecule has 1 heterocycles. The lowest BCUT2D eigenvalue weighted by atomic mass is 9.93. The zero-order chi connectivity index (χ0) is 16.3. The molecule has 6 heteroatoms. The van der Waals surface area contributed by atoms with E-state index in [1.165, 1.54) is 17.9 Å². The maximum atomic E-state index is 13.8. The molecular formula is C16H19F2NO3. The minimum Gasteiger partial charge on any atom is -0.481 e. The molecule has 1 unspecified atom stereocenters. The number of hydrogen-bond acceptors (Lipinski definition) is 2. The number of carboxylic acid groups (broad SMARTS) is 1. The third-order valence-corrected chi connectivity index (χ3v) is 4.05. The van der Waals surface area contributed by atoms with Crippen molar-refractivity contribution in [2.75, 3.05) is 13.1 Å². The standard InChI is InChI=1S/C16H19F2NO3/c1-10-7-12(14(18)8-13(10)17)16(22)19-6-2-3-11(9-19)4-5-15(20)21/h7-8,11H,2-6,9H2,1H3,(H,20,21). The quantitative estimate of drug-likeness (QED) is 0.930. The van der Waals surface area contributed by atoms with E-state index >= 15 is 0 Å². The van der Waals surface area contributed by atoms with Gasteiger partial charge in [-0.2, -0.15) is 0 Å². The highest BCUT2D eigenvalue weighted by Crippen LogP contribution is 2.24. The molecule has 1 aliphatic rings. The minimum absolute atomic E-state index is 0.0662. The molecule has 0 aliphatic carbocycles. The van der Waals surface area contributed by atoms with Crippen molar-refractivity contribution in [3.8, 4) is 0 Å². The van der Waals surface area contributed by atoms with Crippen LogP contribution in [0, 0.1) is 24.5 Å². The van der Waals surface area contributed by atoms with E-state index in [1.54, 1.807) is 0 Å². The Labute approximate surface area is 127 Å². The number of nitrogens with zero attached hydrogens (tertiary/aromatic N) is 1. The number of aryl methyl sites for hydroxylation is 1. The van der Waals surface area contributed by atoms with Gasteiger partial charge in [0.2, 0.25) is 0 Å². The number of benzene rings is 1. The SMILES string of the molecule is Cc1cc(C(=O)N2CCCC(CCC(=O)O)C2)c(F)cc1F. The molecule has 22 heavy (non-hydrogen) atoms. The van der Waals surface area contributed by atoms with Gasteiger partial charge in [-0.05, 0) is 43.7 Å². The molecule has 0 saturated carbocycles. The summed E-state index contributed by atoms with van der Waals surface area (Å²) >= 11 is 0. The van der Waals surface area contributed by atoms with Gasteiger partial charge < -0.3 is 10.0 Å². The number of carboxylic acids is 1. The Kier molecular flexibility index (Phi) is 5.11. The van der Waals surface area contributed by atoms with Gasteiger partial charge in [-0.1, -0.05) is 0 Å². The van der Waals surface area contributed by atoms with Crippen LogP contribution in [0.2, 0.25) is 0 Å². The molecule has 1 aromatic carbocycles. The normalized spacial score (nSPS) is 18.3. The first-order chi connectivity index (χ1) is 10.4. The number of halogens is 2. The molecule has 0 aromatic heterocycles. The molecule has 1 aromatic rings. The van der Waals surface area contributed by atoms with Crippen molar-refractivity contribution in [2.24, 2.45) is 5.92 Å². The fourth-order valence-corrected chi connectivity index (χ4v) is 2.80. The van der Waals surface area contributed by atoms with Crippen molar-refractivity contribution >= 4 is 11.9 Å². The molecule has 2 rings (SSSR count). The molecule has 0 radical (unpaired) electrons. The summed E-state index contributed by atoms with van der Waals surface area (Å²) in [4.78, 5) is 24.6. The van der Waals surface area contributed by atoms with Crippen molar-refractivity contribution in [3.63, 3.8) is 0 Å². The second-order valence-corrected chi connectivity index (χ2v) is 5.77. The Morgan fingerprint density at radius 2 is 2.05 bits per heavy atom. The summed E-state index contributed by atoms with van der Waals surface area (Å²) in [6.07, 6.45) is 2.20. The number of carbonyl (C=O) groups is 2. The van der Waals surface area contributed by atoms with Crippen LogP contribution in [0.4, 0.5) is 8.78 Å². The summed E-state index contributed by atoms with van der Waals surface area (Å²) < 4.78 is 27.1. The maximum Gasteiger partial charge on any atom is 0.303 e. The van der Waals surface area contributed by atoms with E-state index in [4.69, 9.17) is 5.11 Å². The van der Waals surface area contributed by atoms with E-state index in [1.807, 2.05) is 0 Å². The van der Waals surface area contributed by atoms with E-state index in [0.29, 0.717) is 19.5 Å². The lowest BCUT2D eigenvalue weighted by Gasteiger charge is -2.32. The number of carbonyl (C=O) groups excluding carboxylic acids is 1.